The molecular formula is C32H39F4N3O7. The van der Waals surface area contributed by atoms with E-state index in [9.17, 15) is 27.9 Å². The van der Waals surface area contributed by atoms with Crippen molar-refractivity contribution in [3.8, 4) is 17.2 Å². The van der Waals surface area contributed by atoms with E-state index in [0.717, 1.165) is 4.57 Å². The number of carbonyl (C=O) groups is 2. The van der Waals surface area contributed by atoms with Crippen molar-refractivity contribution >= 4 is 34.0 Å². The highest BCUT2D eigenvalue weighted by Crippen LogP contribution is 2.43. The lowest BCUT2D eigenvalue weighted by Crippen LogP contribution is -2.31. The van der Waals surface area contributed by atoms with Gasteiger partial charge < -0.3 is 38.8 Å². The fourth-order valence-electron chi connectivity index (χ4n) is 5.54. The Labute approximate surface area is 264 Å². The number of amides is 1. The number of aliphatic hydroxyl groups is 1. The minimum absolute atomic E-state index is 0.0169. The van der Waals surface area contributed by atoms with E-state index in [2.05, 4.69) is 0 Å². The van der Waals surface area contributed by atoms with Gasteiger partial charge in [-0.3, -0.25) is 9.59 Å². The Bertz CT molecular complexity index is 1610. The average molecular weight is 654 g/mol. The van der Waals surface area contributed by atoms with E-state index >= 15 is 4.39 Å². The number of nitrogens with one attached hydrogen (secondary N) is 1. The minimum Gasteiger partial charge on any atom is -0.494 e. The van der Waals surface area contributed by atoms with Crippen molar-refractivity contribution in [2.24, 2.45) is 0 Å². The highest BCUT2D eigenvalue weighted by Gasteiger charge is 2.40. The number of β-amino-alcohol motifs (C(OH)–C–C–N with tert-alkyl or cyclic N) is 1. The number of hydrogen-bond donors (Lipinski definition) is 2. The maximum atomic E-state index is 15.9. The van der Waals surface area contributed by atoms with Crippen molar-refractivity contribution in [3.63, 3.8) is 0 Å². The highest BCUT2D eigenvalue weighted by molar-refractivity contribution is 6.06. The molecule has 0 aliphatic carbocycles. The number of fused-ring (bicyclic) bond motifs is 1. The van der Waals surface area contributed by atoms with E-state index in [0.29, 0.717) is 23.5 Å². The van der Waals surface area contributed by atoms with E-state index in [4.69, 9.17) is 18.9 Å². The van der Waals surface area contributed by atoms with Crippen LogP contribution >= 0.6 is 0 Å². The Morgan fingerprint density at radius 2 is 1.70 bits per heavy atom. The number of nitrogens with zero attached hydrogens (tertiary/aromatic N) is 2. The lowest BCUT2D eigenvalue weighted by atomic mass is 9.84. The van der Waals surface area contributed by atoms with Crippen LogP contribution in [0.15, 0.2) is 24.4 Å². The summed E-state index contributed by atoms with van der Waals surface area (Å²) in [5.74, 6) is -4.32. The lowest BCUT2D eigenvalue weighted by Gasteiger charge is -2.29. The molecule has 2 heterocycles. The SMILES string of the molecule is CCOc1cc2cn(CC(=O)c3cc(N4C[C@@H](O)[C@H](OC)C4)c(OC)c(C(C)(C)C)c3)c(NC(=O)C(F)(F)F)c2c(F)c1OCC. The standard InChI is InChI=1S/C32H39F4N3O7/c1-8-45-23-12-18-13-39(29(37-30(42)32(34,35)36)25(18)26(33)28(23)46-9-2)14-21(40)17-10-19(31(3,4)5)27(44-7)20(11-17)38-15-22(41)24(16-38)43-6/h10-13,22,24,41H,8-9,14-16H2,1-7H3,(H,37,42)/t22-,24-/m1/s1. The summed E-state index contributed by atoms with van der Waals surface area (Å²) in [4.78, 5) is 27.9. The van der Waals surface area contributed by atoms with Gasteiger partial charge in [0.15, 0.2) is 23.1 Å². The van der Waals surface area contributed by atoms with Crippen molar-refractivity contribution < 1.29 is 51.2 Å². The fourth-order valence-corrected chi connectivity index (χ4v) is 5.54. The second-order valence-electron chi connectivity index (χ2n) is 11.9. The number of ether oxygens (including phenoxy) is 4. The Kier molecular flexibility index (Phi) is 10.1. The maximum Gasteiger partial charge on any atom is 0.471 e. The molecule has 0 spiro atoms. The molecule has 4 rings (SSSR count). The summed E-state index contributed by atoms with van der Waals surface area (Å²) < 4.78 is 79.3. The Hall–Kier alpha value is -4.04. The minimum atomic E-state index is -5.29. The van der Waals surface area contributed by atoms with Crippen LogP contribution in [0.2, 0.25) is 0 Å². The van der Waals surface area contributed by atoms with E-state index in [1.54, 1.807) is 31.3 Å². The van der Waals surface area contributed by atoms with Crippen molar-refractivity contribution in [1.29, 1.82) is 0 Å². The zero-order valence-electron chi connectivity index (χ0n) is 26.8. The monoisotopic (exact) mass is 653 g/mol. The Morgan fingerprint density at radius 3 is 2.24 bits per heavy atom. The quantitative estimate of drug-likeness (QED) is 0.207. The first kappa shape index (κ1) is 34.8. The third kappa shape index (κ3) is 6.87. The summed E-state index contributed by atoms with van der Waals surface area (Å²) in [6.07, 6.45) is -5.29. The summed E-state index contributed by atoms with van der Waals surface area (Å²) in [6, 6.07) is 4.60. The smallest absolute Gasteiger partial charge is 0.471 e. The van der Waals surface area contributed by atoms with Gasteiger partial charge in [-0.2, -0.15) is 13.2 Å². The van der Waals surface area contributed by atoms with Crippen LogP contribution in [0.1, 0.15) is 50.5 Å². The molecule has 2 atom stereocenters. The lowest BCUT2D eigenvalue weighted by molar-refractivity contribution is -0.167. The Balaban J connectivity index is 1.87. The predicted octanol–water partition coefficient (Wildman–Crippen LogP) is 5.46. The first-order chi connectivity index (χ1) is 21.5. The molecule has 10 nitrogen and oxygen atoms in total. The number of alkyl halides is 3. The molecule has 252 valence electrons. The molecule has 0 saturated carbocycles. The van der Waals surface area contributed by atoms with Gasteiger partial charge in [0, 0.05) is 42.9 Å². The van der Waals surface area contributed by atoms with Crippen LogP contribution in [0.5, 0.6) is 17.2 Å². The molecular weight excluding hydrogens is 614 g/mol. The van der Waals surface area contributed by atoms with Gasteiger partial charge in [-0.25, -0.2) is 4.39 Å². The van der Waals surface area contributed by atoms with Crippen LogP contribution in [0.4, 0.5) is 29.1 Å². The molecule has 1 fully saturated rings. The summed E-state index contributed by atoms with van der Waals surface area (Å²) >= 11 is 0. The van der Waals surface area contributed by atoms with Gasteiger partial charge >= 0.3 is 12.1 Å². The van der Waals surface area contributed by atoms with Crippen LogP contribution < -0.4 is 24.4 Å². The third-order valence-electron chi connectivity index (χ3n) is 7.71. The first-order valence-corrected chi connectivity index (χ1v) is 14.8. The molecule has 1 aliphatic rings. The van der Waals surface area contributed by atoms with Gasteiger partial charge in [-0.1, -0.05) is 20.8 Å². The number of aliphatic hydroxyl groups excluding tert-OH is 1. The number of ketones is 1. The number of methoxy groups -OCH3 is 2. The van der Waals surface area contributed by atoms with Gasteiger partial charge in [0.2, 0.25) is 0 Å². The third-order valence-corrected chi connectivity index (χ3v) is 7.71. The molecule has 1 aliphatic heterocycles. The van der Waals surface area contributed by atoms with E-state index in [-0.39, 0.29) is 47.6 Å². The van der Waals surface area contributed by atoms with Crippen LogP contribution in [-0.4, -0.2) is 80.3 Å². The number of hydrogen-bond acceptors (Lipinski definition) is 8. The highest BCUT2D eigenvalue weighted by atomic mass is 19.4. The topological polar surface area (TPSA) is 111 Å². The van der Waals surface area contributed by atoms with Crippen molar-refractivity contribution in [1.82, 2.24) is 4.57 Å². The Morgan fingerprint density at radius 1 is 1.02 bits per heavy atom. The fraction of sp³-hybridized carbons (Fsp3) is 0.500. The van der Waals surface area contributed by atoms with Crippen LogP contribution in [0.25, 0.3) is 10.8 Å². The van der Waals surface area contributed by atoms with Gasteiger partial charge in [-0.15, -0.1) is 0 Å². The maximum absolute atomic E-state index is 15.9. The van der Waals surface area contributed by atoms with Crippen LogP contribution in [0, 0.1) is 5.82 Å². The number of aromatic nitrogens is 1. The molecule has 2 aromatic carbocycles. The molecule has 1 saturated heterocycles. The van der Waals surface area contributed by atoms with Crippen LogP contribution in [-0.2, 0) is 21.5 Å². The number of anilines is 2. The van der Waals surface area contributed by atoms with E-state index < -0.39 is 53.7 Å². The summed E-state index contributed by atoms with van der Waals surface area (Å²) in [6.45, 7) is 9.19. The van der Waals surface area contributed by atoms with Crippen LogP contribution in [0.3, 0.4) is 0 Å². The van der Waals surface area contributed by atoms with Gasteiger partial charge in [0.1, 0.15) is 17.7 Å². The second kappa shape index (κ2) is 13.4. The van der Waals surface area contributed by atoms with Crippen molar-refractivity contribution in [3.05, 3.63) is 41.3 Å². The summed E-state index contributed by atoms with van der Waals surface area (Å²) in [5.41, 5.74) is 0.863. The molecule has 14 heteroatoms. The van der Waals surface area contributed by atoms with Crippen molar-refractivity contribution in [2.45, 2.75) is 65.0 Å². The molecule has 0 radical (unpaired) electrons. The number of halogens is 4. The second-order valence-corrected chi connectivity index (χ2v) is 11.9. The first-order valence-electron chi connectivity index (χ1n) is 14.8. The number of benzene rings is 2. The van der Waals surface area contributed by atoms with Gasteiger partial charge in [0.05, 0.1) is 44.0 Å². The largest absolute Gasteiger partial charge is 0.494 e. The molecule has 3 aromatic rings. The molecule has 1 amide bonds. The predicted molar refractivity (Wildman–Crippen MR) is 164 cm³/mol. The summed E-state index contributed by atoms with van der Waals surface area (Å²) in [7, 11) is 2.99. The molecule has 0 unspecified atom stereocenters. The molecule has 0 bridgehead atoms. The number of Topliss-reactive ketones (excluding diaryl/α,β-unsaturated/α-hetero) is 1. The van der Waals surface area contributed by atoms with E-state index in [1.165, 1.54) is 26.5 Å². The number of carbonyl (C=O) groups excluding carboxylic acids is 2. The summed E-state index contributed by atoms with van der Waals surface area (Å²) in [5, 5.41) is 12.0. The van der Waals surface area contributed by atoms with E-state index in [1.807, 2.05) is 25.7 Å². The number of rotatable bonds is 11. The normalized spacial score (nSPS) is 17.0. The zero-order chi connectivity index (χ0) is 34.1. The van der Waals surface area contributed by atoms with Gasteiger partial charge in [0.25, 0.3) is 0 Å². The van der Waals surface area contributed by atoms with Crippen molar-refractivity contribution in [2.75, 3.05) is 50.7 Å². The van der Waals surface area contributed by atoms with Gasteiger partial charge in [-0.05, 0) is 37.5 Å². The molecule has 1 aromatic heterocycles. The zero-order valence-corrected chi connectivity index (χ0v) is 26.8. The molecule has 46 heavy (non-hydrogen) atoms. The molecule has 2 N–H and O–H groups in total. The average Bonchev–Trinajstić information content (AvgIpc) is 3.52.